The molecule has 4 nitrogen and oxygen atoms in total. The predicted octanol–water partition coefficient (Wildman–Crippen LogP) is 5.01. The molecule has 1 aliphatic heterocycles. The van der Waals surface area contributed by atoms with Gasteiger partial charge >= 0.3 is 0 Å². The molecule has 5 rings (SSSR count). The molecule has 0 spiro atoms. The molecule has 1 heterocycles. The Morgan fingerprint density at radius 3 is 2.29 bits per heavy atom. The molecule has 1 amide bonds. The quantitative estimate of drug-likeness (QED) is 0.498. The summed E-state index contributed by atoms with van der Waals surface area (Å²) in [5.41, 5.74) is 2.82. The Labute approximate surface area is 181 Å². The highest BCUT2D eigenvalue weighted by atomic mass is 32.2. The van der Waals surface area contributed by atoms with Gasteiger partial charge < -0.3 is 5.32 Å². The van der Waals surface area contributed by atoms with Gasteiger partial charge in [-0.3, -0.25) is 4.79 Å². The molecule has 4 aromatic carbocycles. The van der Waals surface area contributed by atoms with Crippen LogP contribution in [-0.4, -0.2) is 14.3 Å². The van der Waals surface area contributed by atoms with Crippen LogP contribution in [-0.2, 0) is 25.8 Å². The van der Waals surface area contributed by atoms with E-state index in [2.05, 4.69) is 5.32 Å². The molecule has 0 saturated heterocycles. The fourth-order valence-electron chi connectivity index (χ4n) is 4.46. The molecule has 154 valence electrons. The molecule has 5 heteroatoms. The molecule has 0 saturated carbocycles. The van der Waals surface area contributed by atoms with Crippen molar-refractivity contribution in [2.24, 2.45) is 0 Å². The van der Waals surface area contributed by atoms with E-state index in [0.717, 1.165) is 21.9 Å². The summed E-state index contributed by atoms with van der Waals surface area (Å²) in [4.78, 5) is 13.6. The first-order chi connectivity index (χ1) is 14.9. The van der Waals surface area contributed by atoms with E-state index in [1.807, 2.05) is 49.4 Å². The first-order valence-corrected chi connectivity index (χ1v) is 11.6. The number of hydrogen-bond donors (Lipinski definition) is 1. The van der Waals surface area contributed by atoms with Crippen LogP contribution in [0.5, 0.6) is 0 Å². The van der Waals surface area contributed by atoms with E-state index in [9.17, 15) is 13.2 Å². The van der Waals surface area contributed by atoms with Crippen molar-refractivity contribution >= 4 is 32.2 Å². The number of sulfone groups is 1. The number of rotatable bonds is 4. The average Bonchev–Trinajstić information content (AvgIpc) is 3.07. The molecule has 1 aliphatic rings. The van der Waals surface area contributed by atoms with Crippen molar-refractivity contribution in [1.29, 1.82) is 0 Å². The number of anilines is 1. The summed E-state index contributed by atoms with van der Waals surface area (Å²) in [6.45, 7) is 1.90. The Kier molecular flexibility index (Phi) is 4.45. The predicted molar refractivity (Wildman–Crippen MR) is 123 cm³/mol. The smallest absolute Gasteiger partial charge is 0.251 e. The largest absolute Gasteiger partial charge is 0.324 e. The minimum Gasteiger partial charge on any atom is -0.324 e. The molecule has 0 bridgehead atoms. The Morgan fingerprint density at radius 2 is 1.48 bits per heavy atom. The minimum absolute atomic E-state index is 0.0490. The van der Waals surface area contributed by atoms with Gasteiger partial charge in [0.1, 0.15) is 0 Å². The van der Waals surface area contributed by atoms with Crippen LogP contribution in [0.15, 0.2) is 95.9 Å². The molecule has 4 aromatic rings. The maximum atomic E-state index is 14.1. The van der Waals surface area contributed by atoms with Crippen molar-refractivity contribution in [1.82, 2.24) is 0 Å². The lowest BCUT2D eigenvalue weighted by Gasteiger charge is -2.28. The highest BCUT2D eigenvalue weighted by Crippen LogP contribution is 2.47. The lowest BCUT2D eigenvalue weighted by Crippen LogP contribution is -2.44. The van der Waals surface area contributed by atoms with Crippen molar-refractivity contribution in [3.8, 4) is 0 Å². The van der Waals surface area contributed by atoms with Crippen LogP contribution in [0.3, 0.4) is 0 Å². The Balaban J connectivity index is 1.79. The van der Waals surface area contributed by atoms with Gasteiger partial charge in [-0.25, -0.2) is 8.42 Å². The van der Waals surface area contributed by atoms with Gasteiger partial charge in [0, 0.05) is 17.7 Å². The number of nitrogens with one attached hydrogen (secondary N) is 1. The number of carbonyl (C=O) groups excluding carboxylic acids is 1. The van der Waals surface area contributed by atoms with Gasteiger partial charge in [0.2, 0.25) is 0 Å². The average molecular weight is 428 g/mol. The van der Waals surface area contributed by atoms with Crippen molar-refractivity contribution in [2.45, 2.75) is 23.0 Å². The first kappa shape index (κ1) is 19.5. The van der Waals surface area contributed by atoms with Gasteiger partial charge in [-0.1, -0.05) is 78.4 Å². The highest BCUT2D eigenvalue weighted by Gasteiger charge is 2.57. The van der Waals surface area contributed by atoms with Crippen molar-refractivity contribution in [3.63, 3.8) is 0 Å². The van der Waals surface area contributed by atoms with Crippen LogP contribution >= 0.6 is 0 Å². The summed E-state index contributed by atoms with van der Waals surface area (Å²) in [6.07, 6.45) is 0.0490. The molecule has 1 unspecified atom stereocenters. The van der Waals surface area contributed by atoms with E-state index in [1.54, 1.807) is 48.5 Å². The van der Waals surface area contributed by atoms with Gasteiger partial charge in [-0.15, -0.1) is 0 Å². The number of amides is 1. The number of benzene rings is 4. The summed E-state index contributed by atoms with van der Waals surface area (Å²) < 4.78 is 26.5. The fraction of sp³-hybridized carbons (Fsp3) is 0.115. The fourth-order valence-corrected chi connectivity index (χ4v) is 6.47. The van der Waals surface area contributed by atoms with Gasteiger partial charge in [-0.2, -0.15) is 0 Å². The zero-order chi connectivity index (χ0) is 21.6. The van der Waals surface area contributed by atoms with Crippen LogP contribution in [0.2, 0.25) is 0 Å². The van der Waals surface area contributed by atoms with E-state index < -0.39 is 20.5 Å². The van der Waals surface area contributed by atoms with Crippen molar-refractivity contribution in [3.05, 3.63) is 108 Å². The second-order valence-corrected chi connectivity index (χ2v) is 10.1. The molecule has 0 fully saturated rings. The zero-order valence-electron chi connectivity index (χ0n) is 17.0. The summed E-state index contributed by atoms with van der Waals surface area (Å²) in [5, 5.41) is 4.78. The third-order valence-electron chi connectivity index (χ3n) is 6.09. The monoisotopic (exact) mass is 427 g/mol. The van der Waals surface area contributed by atoms with Crippen molar-refractivity contribution < 1.29 is 13.2 Å². The SMILES string of the molecule is Cc1ccc(S(=O)(=O)C2(Cc3cccc4ccccc34)C(=O)Nc3ccccc32)cc1. The molecule has 1 atom stereocenters. The highest BCUT2D eigenvalue weighted by molar-refractivity contribution is 7.93. The maximum Gasteiger partial charge on any atom is 0.251 e. The number of hydrogen-bond acceptors (Lipinski definition) is 3. The van der Waals surface area contributed by atoms with E-state index in [-0.39, 0.29) is 11.3 Å². The van der Waals surface area contributed by atoms with Gasteiger partial charge in [0.15, 0.2) is 14.6 Å². The van der Waals surface area contributed by atoms with Crippen LogP contribution in [0, 0.1) is 6.92 Å². The van der Waals surface area contributed by atoms with Crippen LogP contribution < -0.4 is 5.32 Å². The van der Waals surface area contributed by atoms with E-state index in [0.29, 0.717) is 11.3 Å². The summed E-state index contributed by atoms with van der Waals surface area (Å²) >= 11 is 0. The third kappa shape index (κ3) is 2.88. The molecule has 0 aliphatic carbocycles. The second-order valence-electron chi connectivity index (χ2n) is 7.96. The normalized spacial score (nSPS) is 18.0. The molecule has 1 N–H and O–H groups in total. The van der Waals surface area contributed by atoms with Crippen LogP contribution in [0.4, 0.5) is 5.69 Å². The topological polar surface area (TPSA) is 63.2 Å². The molecule has 0 radical (unpaired) electrons. The standard InChI is InChI=1S/C26H21NO3S/c1-18-13-15-21(16-14-18)31(29,30)26(23-11-4-5-12-24(23)27-25(26)28)17-20-9-6-8-19-7-2-3-10-22(19)20/h2-16H,17H2,1H3,(H,27,28). The number of carbonyl (C=O) groups is 1. The van der Waals surface area contributed by atoms with E-state index in [4.69, 9.17) is 0 Å². The van der Waals surface area contributed by atoms with Gasteiger partial charge in [0.05, 0.1) is 4.90 Å². The molecule has 0 aromatic heterocycles. The third-order valence-corrected chi connectivity index (χ3v) is 8.45. The number of aryl methyl sites for hydroxylation is 1. The summed E-state index contributed by atoms with van der Waals surface area (Å²) in [5.74, 6) is -0.512. The lowest BCUT2D eigenvalue weighted by atomic mass is 9.89. The van der Waals surface area contributed by atoms with Crippen LogP contribution in [0.25, 0.3) is 10.8 Å². The molecular weight excluding hydrogens is 406 g/mol. The zero-order valence-corrected chi connectivity index (χ0v) is 17.8. The van der Waals surface area contributed by atoms with Crippen molar-refractivity contribution in [2.75, 3.05) is 5.32 Å². The summed E-state index contributed by atoms with van der Waals surface area (Å²) in [7, 11) is -4.06. The Hall–Kier alpha value is -3.44. The van der Waals surface area contributed by atoms with Crippen LogP contribution in [0.1, 0.15) is 16.7 Å². The van der Waals surface area contributed by atoms with E-state index >= 15 is 0 Å². The minimum atomic E-state index is -4.06. The molecular formula is C26H21NO3S. The van der Waals surface area contributed by atoms with E-state index in [1.165, 1.54) is 0 Å². The maximum absolute atomic E-state index is 14.1. The number of para-hydroxylation sites is 1. The second kappa shape index (κ2) is 7.06. The Morgan fingerprint density at radius 1 is 0.806 bits per heavy atom. The number of fused-ring (bicyclic) bond motifs is 2. The summed E-state index contributed by atoms with van der Waals surface area (Å²) in [6, 6.07) is 27.4. The molecule has 31 heavy (non-hydrogen) atoms. The Bertz CT molecular complexity index is 1420. The lowest BCUT2D eigenvalue weighted by molar-refractivity contribution is -0.118. The van der Waals surface area contributed by atoms with Gasteiger partial charge in [0.25, 0.3) is 5.91 Å². The first-order valence-electron chi connectivity index (χ1n) is 10.1. The van der Waals surface area contributed by atoms with Gasteiger partial charge in [-0.05, 0) is 41.5 Å².